The molecule has 2 N–H and O–H groups in total. The molecule has 0 bridgehead atoms. The van der Waals surface area contributed by atoms with Gasteiger partial charge in [-0.3, -0.25) is 19.7 Å². The van der Waals surface area contributed by atoms with Crippen LogP contribution in [0, 0.1) is 33.8 Å². The van der Waals surface area contributed by atoms with Crippen LogP contribution in [0.2, 0.25) is 0 Å². The fourth-order valence-corrected chi connectivity index (χ4v) is 11.8. The van der Waals surface area contributed by atoms with Crippen molar-refractivity contribution in [1.29, 1.82) is 0 Å². The Hall–Kier alpha value is -6.55. The summed E-state index contributed by atoms with van der Waals surface area (Å²) in [5.41, 5.74) is 4.35. The van der Waals surface area contributed by atoms with E-state index >= 15 is 4.79 Å². The molecule has 380 valence electrons. The number of hydrogen-bond acceptors (Lipinski definition) is 13. The lowest BCUT2D eigenvalue weighted by Crippen LogP contribution is -2.70. The molecule has 3 aliphatic carbocycles. The largest absolute Gasteiger partial charge is 0.459 e. The molecule has 0 spiro atoms. The van der Waals surface area contributed by atoms with Gasteiger partial charge in [0.05, 0.1) is 23.2 Å². The van der Waals surface area contributed by atoms with Crippen molar-refractivity contribution in [3.63, 3.8) is 0 Å². The molecule has 1 amide bonds. The van der Waals surface area contributed by atoms with E-state index in [4.69, 9.17) is 33.7 Å². The Morgan fingerprint density at radius 3 is 2.40 bits per heavy atom. The van der Waals surface area contributed by atoms with Crippen molar-refractivity contribution in [1.82, 2.24) is 4.90 Å². The third kappa shape index (κ3) is 11.1. The molecule has 2 heterocycles. The number of benzene rings is 4. The van der Waals surface area contributed by atoms with E-state index in [1.807, 2.05) is 41.3 Å². The Kier molecular flexibility index (Phi) is 16.3. The number of aliphatic hydroxyl groups is 2. The number of carbonyl (C=O) groups is 2. The molecule has 2 saturated carbocycles. The van der Waals surface area contributed by atoms with Gasteiger partial charge < -0.3 is 43.6 Å². The molecule has 15 heteroatoms. The summed E-state index contributed by atoms with van der Waals surface area (Å²) in [6, 6.07) is 23.9. The molecule has 2 aliphatic heterocycles. The monoisotopic (exact) mass is 983 g/mol. The standard InChI is InChI=1S/C57H65N3O12/c1-2-28-69-57-53(59(54(64)25-19-38-10-3-4-11-38)34-40-18-23-51-52(30-40)68-37-67-51)33-49(58-70-36-39-16-20-43(21-17-39)60(65)66)47-31-42(13-5-7-26-61)46(15-6-8-27-62)55(56(47)57)48-32-45(22-24-50(48)72-57)71-44-14-9-12-41(29-44)35-63/h2,9,12,14,16-18,20-24,29-32,35,38,42,46,53,55-56,61-62H,1,3-8,10-11,13,15,19,25-28,33-34,36-37H2. The number of aldehydes is 1. The highest BCUT2D eigenvalue weighted by molar-refractivity contribution is 6.03. The van der Waals surface area contributed by atoms with Crippen LogP contribution in [0.5, 0.6) is 28.7 Å². The van der Waals surface area contributed by atoms with Crippen molar-refractivity contribution in [3.05, 3.63) is 142 Å². The van der Waals surface area contributed by atoms with Crippen LogP contribution in [0.3, 0.4) is 0 Å². The number of amides is 1. The number of allylic oxidation sites excluding steroid dienone is 1. The van der Waals surface area contributed by atoms with Gasteiger partial charge in [-0.25, -0.2) is 0 Å². The number of aliphatic hydroxyl groups excluding tert-OH is 2. The summed E-state index contributed by atoms with van der Waals surface area (Å²) in [6.07, 6.45) is 14.8. The number of nitro benzene ring substituents is 1. The van der Waals surface area contributed by atoms with Crippen LogP contribution in [0.25, 0.3) is 0 Å². The van der Waals surface area contributed by atoms with E-state index in [1.165, 1.54) is 12.1 Å². The molecule has 0 saturated heterocycles. The third-order valence-corrected chi connectivity index (χ3v) is 15.2. The predicted octanol–water partition coefficient (Wildman–Crippen LogP) is 10.8. The first kappa shape index (κ1) is 50.4. The summed E-state index contributed by atoms with van der Waals surface area (Å²) in [5.74, 6) is 0.826. The molecule has 4 aromatic carbocycles. The Morgan fingerprint density at radius 1 is 0.889 bits per heavy atom. The minimum atomic E-state index is -1.50. The van der Waals surface area contributed by atoms with E-state index in [9.17, 15) is 25.1 Å². The number of nitro groups is 1. The summed E-state index contributed by atoms with van der Waals surface area (Å²) in [6.45, 7) is 4.63. The van der Waals surface area contributed by atoms with E-state index in [0.29, 0.717) is 70.8 Å². The van der Waals surface area contributed by atoms with Crippen molar-refractivity contribution < 1.29 is 53.2 Å². The maximum absolute atomic E-state index is 15.4. The summed E-state index contributed by atoms with van der Waals surface area (Å²) < 4.78 is 32.8. The SMILES string of the molecule is C=CCOC12Oc3ccc(Oc4cccc(C=O)c4)cc3C3C(CCCCO)C(CCCCO)C=C(C(=NOCc4ccc([N+](=O)[O-])cc4)CC1N(Cc1ccc4c(c1)OCO4)C(=O)CCC1CCCC1)C32. The molecule has 6 unspecified atom stereocenters. The molecule has 9 rings (SSSR count). The van der Waals surface area contributed by atoms with E-state index in [2.05, 4.69) is 12.7 Å². The molecule has 4 aromatic rings. The molecular weight excluding hydrogens is 919 g/mol. The van der Waals surface area contributed by atoms with Crippen molar-refractivity contribution in [3.8, 4) is 28.7 Å². The van der Waals surface area contributed by atoms with Crippen molar-refractivity contribution in [2.24, 2.45) is 28.8 Å². The van der Waals surface area contributed by atoms with E-state index < -0.39 is 22.7 Å². The summed E-state index contributed by atoms with van der Waals surface area (Å²) >= 11 is 0. The van der Waals surface area contributed by atoms with E-state index in [-0.39, 0.29) is 75.5 Å². The molecule has 6 atom stereocenters. The maximum Gasteiger partial charge on any atom is 0.269 e. The second-order valence-corrected chi connectivity index (χ2v) is 19.7. The number of non-ortho nitro benzene ring substituents is 1. The van der Waals surface area contributed by atoms with Crippen LogP contribution in [0.1, 0.15) is 116 Å². The lowest BCUT2D eigenvalue weighted by atomic mass is 9.55. The number of nitrogens with zero attached hydrogens (tertiary/aromatic N) is 3. The highest BCUT2D eigenvalue weighted by atomic mass is 16.7. The van der Waals surface area contributed by atoms with Crippen LogP contribution in [-0.2, 0) is 27.5 Å². The quantitative estimate of drug-likeness (QED) is 0.0223. The lowest BCUT2D eigenvalue weighted by Gasteiger charge is -2.60. The second kappa shape index (κ2) is 23.3. The van der Waals surface area contributed by atoms with E-state index in [1.54, 1.807) is 42.5 Å². The topological polar surface area (TPSA) is 189 Å². The number of carbonyl (C=O) groups excluding carboxylic acids is 2. The van der Waals surface area contributed by atoms with Gasteiger partial charge in [-0.15, -0.1) is 6.58 Å². The van der Waals surface area contributed by atoms with Crippen LogP contribution in [0.4, 0.5) is 5.69 Å². The fourth-order valence-electron chi connectivity index (χ4n) is 11.8. The first-order valence-electron chi connectivity index (χ1n) is 25.6. The van der Waals surface area contributed by atoms with Gasteiger partial charge in [0.15, 0.2) is 11.5 Å². The molecule has 5 aliphatic rings. The zero-order valence-electron chi connectivity index (χ0n) is 40.7. The first-order chi connectivity index (χ1) is 35.2. The molecule has 0 aromatic heterocycles. The van der Waals surface area contributed by atoms with Crippen LogP contribution < -0.4 is 18.9 Å². The summed E-state index contributed by atoms with van der Waals surface area (Å²) in [5, 5.41) is 36.6. The van der Waals surface area contributed by atoms with Crippen molar-refractivity contribution in [2.75, 3.05) is 26.6 Å². The average molecular weight is 984 g/mol. The van der Waals surface area contributed by atoms with Crippen LogP contribution >= 0.6 is 0 Å². The summed E-state index contributed by atoms with van der Waals surface area (Å²) in [4.78, 5) is 46.5. The van der Waals surface area contributed by atoms with Gasteiger partial charge in [0.2, 0.25) is 18.5 Å². The van der Waals surface area contributed by atoms with Gasteiger partial charge >= 0.3 is 0 Å². The molecule has 0 radical (unpaired) electrons. The normalized spacial score (nSPS) is 23.3. The van der Waals surface area contributed by atoms with Crippen LogP contribution in [0.15, 0.2) is 114 Å². The summed E-state index contributed by atoms with van der Waals surface area (Å²) in [7, 11) is 0. The van der Waals surface area contributed by atoms with Crippen LogP contribution in [-0.4, -0.2) is 76.4 Å². The van der Waals surface area contributed by atoms with Gasteiger partial charge in [0.25, 0.3) is 5.69 Å². The van der Waals surface area contributed by atoms with Gasteiger partial charge in [-0.1, -0.05) is 74.0 Å². The smallest absolute Gasteiger partial charge is 0.269 e. The number of ether oxygens (including phenoxy) is 5. The predicted molar refractivity (Wildman–Crippen MR) is 269 cm³/mol. The number of oxime groups is 1. The highest BCUT2D eigenvalue weighted by Gasteiger charge is 2.65. The van der Waals surface area contributed by atoms with Gasteiger partial charge in [0, 0.05) is 61.8 Å². The molecule has 15 nitrogen and oxygen atoms in total. The molecule has 2 fully saturated rings. The Labute approximate surface area is 420 Å². The number of hydrogen-bond donors (Lipinski definition) is 2. The lowest BCUT2D eigenvalue weighted by molar-refractivity contribution is -0.384. The number of fused-ring (bicyclic) bond motifs is 3. The Balaban J connectivity index is 1.22. The third-order valence-electron chi connectivity index (χ3n) is 15.2. The zero-order chi connectivity index (χ0) is 50.0. The van der Waals surface area contributed by atoms with Crippen molar-refractivity contribution >= 4 is 23.6 Å². The number of unbranched alkanes of at least 4 members (excludes halogenated alkanes) is 2. The second-order valence-electron chi connectivity index (χ2n) is 19.7. The fraction of sp³-hybridized carbons (Fsp3) is 0.456. The minimum absolute atomic E-state index is 0.0161. The number of rotatable bonds is 24. The van der Waals surface area contributed by atoms with Gasteiger partial charge in [0.1, 0.15) is 36.2 Å². The maximum atomic E-state index is 15.4. The highest BCUT2D eigenvalue weighted by Crippen LogP contribution is 2.62. The average Bonchev–Trinajstić information content (AvgIpc) is 4.11. The van der Waals surface area contributed by atoms with Gasteiger partial charge in [-0.05, 0) is 121 Å². The van der Waals surface area contributed by atoms with E-state index in [0.717, 1.165) is 80.8 Å². The Bertz CT molecular complexity index is 2630. The minimum Gasteiger partial charge on any atom is -0.459 e. The van der Waals surface area contributed by atoms with Crippen molar-refractivity contribution in [2.45, 2.75) is 114 Å². The molecule has 72 heavy (non-hydrogen) atoms. The zero-order valence-corrected chi connectivity index (χ0v) is 40.7. The van der Waals surface area contributed by atoms with Gasteiger partial charge in [-0.2, -0.15) is 0 Å². The molecular formula is C57H65N3O12. The Morgan fingerprint density at radius 2 is 1.64 bits per heavy atom. The first-order valence-corrected chi connectivity index (χ1v) is 25.6.